The van der Waals surface area contributed by atoms with Crippen molar-refractivity contribution in [3.63, 3.8) is 0 Å². The molecule has 0 aliphatic rings. The normalized spacial score (nSPS) is 10.4. The summed E-state index contributed by atoms with van der Waals surface area (Å²) in [4.78, 5) is 18.0. The van der Waals surface area contributed by atoms with Crippen molar-refractivity contribution in [2.24, 2.45) is 0 Å². The largest absolute Gasteiger partial charge is 0.475 e. The van der Waals surface area contributed by atoms with Gasteiger partial charge in [0, 0.05) is 9.85 Å². The van der Waals surface area contributed by atoms with Crippen LogP contribution >= 0.6 is 27.3 Å². The molecule has 0 radical (unpaired) electrons. The Balaban J connectivity index is 2.38. The number of thiophene rings is 1. The number of hydrogen-bond donors (Lipinski definition) is 2. The minimum atomic E-state index is -1.05. The first kappa shape index (κ1) is 9.42. The first-order valence-corrected chi connectivity index (χ1v) is 5.37. The minimum absolute atomic E-state index is 0.0375. The number of imidazole rings is 1. The van der Waals surface area contributed by atoms with E-state index in [1.165, 1.54) is 17.5 Å². The predicted octanol–water partition coefficient (Wildman–Crippen LogP) is 2.60. The molecule has 0 aliphatic carbocycles. The van der Waals surface area contributed by atoms with Crippen LogP contribution in [0.3, 0.4) is 0 Å². The smallest absolute Gasteiger partial charge is 0.371 e. The van der Waals surface area contributed by atoms with Crippen LogP contribution in [-0.4, -0.2) is 21.0 Å². The average molecular weight is 273 g/mol. The number of aromatic carboxylic acids is 1. The van der Waals surface area contributed by atoms with Crippen LogP contribution in [0.4, 0.5) is 0 Å². The van der Waals surface area contributed by atoms with Gasteiger partial charge in [-0.05, 0) is 22.0 Å². The molecule has 2 aromatic heterocycles. The van der Waals surface area contributed by atoms with Crippen molar-refractivity contribution in [2.45, 2.75) is 0 Å². The van der Waals surface area contributed by atoms with E-state index in [1.54, 1.807) is 0 Å². The van der Waals surface area contributed by atoms with E-state index in [4.69, 9.17) is 5.11 Å². The monoisotopic (exact) mass is 272 g/mol. The molecule has 0 fully saturated rings. The van der Waals surface area contributed by atoms with Crippen molar-refractivity contribution in [3.05, 3.63) is 27.9 Å². The fourth-order valence-electron chi connectivity index (χ4n) is 1.01. The Labute approximate surface area is 91.7 Å². The first-order chi connectivity index (χ1) is 6.66. The number of carboxylic acid groups (broad SMARTS) is 1. The van der Waals surface area contributed by atoms with Crippen LogP contribution in [0.1, 0.15) is 10.6 Å². The van der Waals surface area contributed by atoms with Crippen LogP contribution in [0.15, 0.2) is 22.1 Å². The second-order valence-corrected chi connectivity index (χ2v) is 4.41. The molecule has 0 atom stereocenters. The summed E-state index contributed by atoms with van der Waals surface area (Å²) >= 11 is 4.84. The summed E-state index contributed by atoms with van der Waals surface area (Å²) in [5, 5.41) is 10.6. The summed E-state index contributed by atoms with van der Waals surface area (Å²) < 4.78 is 0.976. The maximum absolute atomic E-state index is 10.6. The minimum Gasteiger partial charge on any atom is -0.475 e. The molecule has 0 saturated heterocycles. The molecular formula is C8H5BrN2O2S. The SMILES string of the molecule is O=C(O)c1ncc(-c2cc(Br)cs2)[nH]1. The highest BCUT2D eigenvalue weighted by Gasteiger charge is 2.09. The molecule has 6 heteroatoms. The average Bonchev–Trinajstić information content (AvgIpc) is 2.70. The number of nitrogens with one attached hydrogen (secondary N) is 1. The van der Waals surface area contributed by atoms with Gasteiger partial charge in [-0.3, -0.25) is 0 Å². The molecule has 0 saturated carbocycles. The third-order valence-electron chi connectivity index (χ3n) is 1.61. The molecule has 2 aromatic rings. The lowest BCUT2D eigenvalue weighted by Crippen LogP contribution is -1.97. The van der Waals surface area contributed by atoms with Crippen LogP contribution in [-0.2, 0) is 0 Å². The van der Waals surface area contributed by atoms with Crippen molar-refractivity contribution in [2.75, 3.05) is 0 Å². The lowest BCUT2D eigenvalue weighted by atomic mass is 10.4. The maximum Gasteiger partial charge on any atom is 0.371 e. The van der Waals surface area contributed by atoms with Crippen LogP contribution < -0.4 is 0 Å². The summed E-state index contributed by atoms with van der Waals surface area (Å²) in [7, 11) is 0. The summed E-state index contributed by atoms with van der Waals surface area (Å²) in [6.07, 6.45) is 1.52. The first-order valence-electron chi connectivity index (χ1n) is 3.69. The van der Waals surface area contributed by atoms with Gasteiger partial charge in [0.25, 0.3) is 0 Å². The fourth-order valence-corrected chi connectivity index (χ4v) is 2.40. The Morgan fingerprint density at radius 2 is 2.43 bits per heavy atom. The lowest BCUT2D eigenvalue weighted by Gasteiger charge is -1.88. The maximum atomic E-state index is 10.6. The third-order valence-corrected chi connectivity index (χ3v) is 3.34. The van der Waals surface area contributed by atoms with E-state index in [0.29, 0.717) is 0 Å². The van der Waals surface area contributed by atoms with Gasteiger partial charge in [-0.15, -0.1) is 11.3 Å². The van der Waals surface area contributed by atoms with E-state index in [1.807, 2.05) is 11.4 Å². The molecule has 0 aliphatic heterocycles. The highest BCUT2D eigenvalue weighted by atomic mass is 79.9. The molecule has 72 valence electrons. The topological polar surface area (TPSA) is 66.0 Å². The number of carboxylic acids is 1. The van der Waals surface area contributed by atoms with Crippen molar-refractivity contribution >= 4 is 33.2 Å². The van der Waals surface area contributed by atoms with Gasteiger partial charge in [0.05, 0.1) is 16.8 Å². The van der Waals surface area contributed by atoms with E-state index >= 15 is 0 Å². The Bertz CT molecular complexity index is 477. The molecular weight excluding hydrogens is 268 g/mol. The molecule has 0 amide bonds. The van der Waals surface area contributed by atoms with Crippen LogP contribution in [0.2, 0.25) is 0 Å². The summed E-state index contributed by atoms with van der Waals surface area (Å²) in [5.41, 5.74) is 0.720. The van der Waals surface area contributed by atoms with Gasteiger partial charge in [0.1, 0.15) is 0 Å². The Hall–Kier alpha value is -1.14. The van der Waals surface area contributed by atoms with Crippen molar-refractivity contribution < 1.29 is 9.90 Å². The van der Waals surface area contributed by atoms with E-state index in [0.717, 1.165) is 15.0 Å². The van der Waals surface area contributed by atoms with Gasteiger partial charge in [-0.25, -0.2) is 9.78 Å². The highest BCUT2D eigenvalue weighted by molar-refractivity contribution is 9.10. The molecule has 2 heterocycles. The van der Waals surface area contributed by atoms with E-state index < -0.39 is 5.97 Å². The van der Waals surface area contributed by atoms with Gasteiger partial charge in [0.2, 0.25) is 5.82 Å². The second kappa shape index (κ2) is 3.55. The molecule has 2 rings (SSSR count). The number of halogens is 1. The zero-order chi connectivity index (χ0) is 10.1. The van der Waals surface area contributed by atoms with E-state index in [2.05, 4.69) is 25.9 Å². The lowest BCUT2D eigenvalue weighted by molar-refractivity contribution is 0.0685. The number of aromatic nitrogens is 2. The van der Waals surface area contributed by atoms with E-state index in [-0.39, 0.29) is 5.82 Å². The van der Waals surface area contributed by atoms with Gasteiger partial charge in [-0.2, -0.15) is 0 Å². The third kappa shape index (κ3) is 1.71. The van der Waals surface area contributed by atoms with Gasteiger partial charge >= 0.3 is 5.97 Å². The Morgan fingerprint density at radius 1 is 1.64 bits per heavy atom. The summed E-state index contributed by atoms with van der Waals surface area (Å²) in [6.45, 7) is 0. The van der Waals surface area contributed by atoms with Gasteiger partial charge < -0.3 is 10.1 Å². The molecule has 0 spiro atoms. The van der Waals surface area contributed by atoms with Crippen LogP contribution in [0.5, 0.6) is 0 Å². The van der Waals surface area contributed by atoms with E-state index in [9.17, 15) is 4.79 Å². The second-order valence-electron chi connectivity index (χ2n) is 2.58. The Kier molecular flexibility index (Phi) is 2.39. The van der Waals surface area contributed by atoms with Crippen molar-refractivity contribution in [1.82, 2.24) is 9.97 Å². The fraction of sp³-hybridized carbons (Fsp3) is 0. The number of nitrogens with zero attached hydrogens (tertiary/aromatic N) is 1. The molecule has 0 aromatic carbocycles. The zero-order valence-electron chi connectivity index (χ0n) is 6.82. The molecule has 2 N–H and O–H groups in total. The summed E-state index contributed by atoms with van der Waals surface area (Å²) in [5.74, 6) is -1.09. The van der Waals surface area contributed by atoms with Crippen LogP contribution in [0.25, 0.3) is 10.6 Å². The molecule has 0 unspecified atom stereocenters. The predicted molar refractivity (Wildman–Crippen MR) is 56.6 cm³/mol. The number of carbonyl (C=O) groups is 1. The number of rotatable bonds is 2. The summed E-state index contributed by atoms with van der Waals surface area (Å²) in [6, 6.07) is 1.91. The van der Waals surface area contributed by atoms with Gasteiger partial charge in [0.15, 0.2) is 0 Å². The standard InChI is InChI=1S/C8H5BrN2O2S/c9-4-1-6(14-3-4)5-2-10-7(11-5)8(12)13/h1-3H,(H,10,11)(H,12,13). The molecule has 14 heavy (non-hydrogen) atoms. The number of hydrogen-bond acceptors (Lipinski definition) is 3. The van der Waals surface area contributed by atoms with Crippen molar-refractivity contribution in [3.8, 4) is 10.6 Å². The molecule has 0 bridgehead atoms. The zero-order valence-corrected chi connectivity index (χ0v) is 9.22. The highest BCUT2D eigenvalue weighted by Crippen LogP contribution is 2.28. The molecule has 4 nitrogen and oxygen atoms in total. The van der Waals surface area contributed by atoms with Crippen molar-refractivity contribution in [1.29, 1.82) is 0 Å². The number of H-pyrrole nitrogens is 1. The van der Waals surface area contributed by atoms with Gasteiger partial charge in [-0.1, -0.05) is 0 Å². The number of aromatic amines is 1. The van der Waals surface area contributed by atoms with Crippen LogP contribution in [0, 0.1) is 0 Å². The quantitative estimate of drug-likeness (QED) is 0.883. The Morgan fingerprint density at radius 3 is 2.93 bits per heavy atom.